The van der Waals surface area contributed by atoms with E-state index in [-0.39, 0.29) is 24.5 Å². The second-order valence-electron chi connectivity index (χ2n) is 8.04. The van der Waals surface area contributed by atoms with E-state index in [1.54, 1.807) is 0 Å². The zero-order valence-electron chi connectivity index (χ0n) is 16.3. The molecule has 0 aliphatic carbocycles. The zero-order valence-corrected chi connectivity index (χ0v) is 16.3. The Labute approximate surface area is 168 Å². The van der Waals surface area contributed by atoms with E-state index in [0.29, 0.717) is 11.7 Å². The first-order chi connectivity index (χ1) is 13.9. The normalized spacial score (nSPS) is 32.7. The van der Waals surface area contributed by atoms with Crippen LogP contribution in [-0.2, 0) is 14.4 Å². The van der Waals surface area contributed by atoms with Crippen LogP contribution in [0.5, 0.6) is 0 Å². The lowest BCUT2D eigenvalue weighted by atomic mass is 9.81. The molecule has 3 heterocycles. The predicted molar refractivity (Wildman–Crippen MR) is 104 cm³/mol. The van der Waals surface area contributed by atoms with E-state index in [2.05, 4.69) is 33.1 Å². The highest BCUT2D eigenvalue weighted by Gasteiger charge is 2.49. The number of fused-ring (bicyclic) bond motifs is 1. The molecule has 0 bridgehead atoms. The van der Waals surface area contributed by atoms with Gasteiger partial charge in [-0.2, -0.15) is 0 Å². The fourth-order valence-corrected chi connectivity index (χ4v) is 4.51. The molecule has 0 spiro atoms. The SMILES string of the molecule is CC1CCCCN1C1NC(=O)C2C(NC(=O)CC2C(=O)Nc2ccc(F)cc2)N1. The molecule has 8 nitrogen and oxygen atoms in total. The largest absolute Gasteiger partial charge is 0.340 e. The Hall–Kier alpha value is -2.52. The summed E-state index contributed by atoms with van der Waals surface area (Å²) >= 11 is 0. The fraction of sp³-hybridized carbons (Fsp3) is 0.550. The Morgan fingerprint density at radius 3 is 2.66 bits per heavy atom. The first-order valence-corrected chi connectivity index (χ1v) is 10.1. The van der Waals surface area contributed by atoms with E-state index in [1.165, 1.54) is 24.3 Å². The Bertz CT molecular complexity index is 802. The highest BCUT2D eigenvalue weighted by molar-refractivity contribution is 6.00. The van der Waals surface area contributed by atoms with Gasteiger partial charge < -0.3 is 16.0 Å². The summed E-state index contributed by atoms with van der Waals surface area (Å²) in [6.07, 6.45) is 2.20. The lowest BCUT2D eigenvalue weighted by Crippen LogP contribution is -2.75. The molecule has 9 heteroatoms. The van der Waals surface area contributed by atoms with Crippen molar-refractivity contribution >= 4 is 23.4 Å². The monoisotopic (exact) mass is 403 g/mol. The standard InChI is InChI=1S/C20H26FN5O3/c1-11-4-2-3-9-26(11)20-24-17-16(19(29)25-20)14(10-15(27)23-17)18(28)22-13-7-5-12(21)6-8-13/h5-8,11,14,16-17,20,24H,2-4,9-10H2,1H3,(H,22,28)(H,23,27)(H,25,29). The fourth-order valence-electron chi connectivity index (χ4n) is 4.51. The van der Waals surface area contributed by atoms with Crippen LogP contribution in [0.2, 0.25) is 0 Å². The van der Waals surface area contributed by atoms with Gasteiger partial charge in [-0.15, -0.1) is 0 Å². The van der Waals surface area contributed by atoms with Crippen molar-refractivity contribution in [1.29, 1.82) is 0 Å². The second kappa shape index (κ2) is 8.08. The minimum Gasteiger partial charge on any atom is -0.340 e. The molecule has 0 aromatic heterocycles. The van der Waals surface area contributed by atoms with E-state index in [1.807, 2.05) is 0 Å². The van der Waals surface area contributed by atoms with Crippen LogP contribution in [0.15, 0.2) is 24.3 Å². The van der Waals surface area contributed by atoms with Crippen LogP contribution in [0.25, 0.3) is 0 Å². The number of carbonyl (C=O) groups excluding carboxylic acids is 3. The molecule has 0 radical (unpaired) electrons. The molecule has 1 aromatic carbocycles. The third-order valence-electron chi connectivity index (χ3n) is 6.07. The summed E-state index contributed by atoms with van der Waals surface area (Å²) in [5, 5.41) is 11.8. The van der Waals surface area contributed by atoms with Crippen molar-refractivity contribution in [3.63, 3.8) is 0 Å². The lowest BCUT2D eigenvalue weighted by molar-refractivity contribution is -0.148. The zero-order chi connectivity index (χ0) is 20.5. The van der Waals surface area contributed by atoms with Crippen molar-refractivity contribution in [2.24, 2.45) is 11.8 Å². The molecule has 3 aliphatic rings. The summed E-state index contributed by atoms with van der Waals surface area (Å²) in [6, 6.07) is 5.69. The minimum absolute atomic E-state index is 0.0753. The van der Waals surface area contributed by atoms with Crippen molar-refractivity contribution in [2.45, 2.75) is 51.1 Å². The maximum atomic E-state index is 13.1. The Kier molecular flexibility index (Phi) is 5.51. The lowest BCUT2D eigenvalue weighted by Gasteiger charge is -2.48. The Morgan fingerprint density at radius 2 is 1.93 bits per heavy atom. The number of amides is 3. The summed E-state index contributed by atoms with van der Waals surface area (Å²) in [4.78, 5) is 40.2. The van der Waals surface area contributed by atoms with Crippen LogP contribution >= 0.6 is 0 Å². The van der Waals surface area contributed by atoms with Gasteiger partial charge in [-0.1, -0.05) is 6.42 Å². The average Bonchev–Trinajstić information content (AvgIpc) is 2.69. The molecule has 4 N–H and O–H groups in total. The van der Waals surface area contributed by atoms with E-state index in [4.69, 9.17) is 0 Å². The van der Waals surface area contributed by atoms with E-state index >= 15 is 0 Å². The number of halogens is 1. The van der Waals surface area contributed by atoms with E-state index in [0.717, 1.165) is 25.8 Å². The van der Waals surface area contributed by atoms with Gasteiger partial charge in [0.15, 0.2) is 0 Å². The van der Waals surface area contributed by atoms with Crippen molar-refractivity contribution in [3.8, 4) is 0 Å². The number of carbonyl (C=O) groups is 3. The summed E-state index contributed by atoms with van der Waals surface area (Å²) in [5.41, 5.74) is 0.420. The van der Waals surface area contributed by atoms with Crippen LogP contribution in [0, 0.1) is 17.7 Å². The molecule has 0 saturated carbocycles. The quantitative estimate of drug-likeness (QED) is 0.596. The number of rotatable bonds is 3. The first kappa shape index (κ1) is 19.8. The molecule has 5 unspecified atom stereocenters. The number of piperidine rings is 2. The third-order valence-corrected chi connectivity index (χ3v) is 6.07. The molecular formula is C20H26FN5O3. The Balaban J connectivity index is 1.49. The number of hydrogen-bond acceptors (Lipinski definition) is 5. The number of anilines is 1. The number of hydrogen-bond donors (Lipinski definition) is 4. The van der Waals surface area contributed by atoms with Crippen LogP contribution in [0.3, 0.4) is 0 Å². The molecule has 156 valence electrons. The van der Waals surface area contributed by atoms with Gasteiger partial charge in [0.25, 0.3) is 0 Å². The predicted octanol–water partition coefficient (Wildman–Crippen LogP) is 0.720. The van der Waals surface area contributed by atoms with E-state index < -0.39 is 29.7 Å². The third kappa shape index (κ3) is 4.11. The van der Waals surface area contributed by atoms with Crippen molar-refractivity contribution in [2.75, 3.05) is 11.9 Å². The van der Waals surface area contributed by atoms with Gasteiger partial charge in [0, 0.05) is 24.7 Å². The average molecular weight is 403 g/mol. The van der Waals surface area contributed by atoms with Gasteiger partial charge in [-0.05, 0) is 44.0 Å². The number of benzene rings is 1. The molecule has 4 rings (SSSR count). The van der Waals surface area contributed by atoms with Crippen LogP contribution < -0.4 is 21.3 Å². The van der Waals surface area contributed by atoms with Gasteiger partial charge in [-0.3, -0.25) is 24.6 Å². The van der Waals surface area contributed by atoms with Gasteiger partial charge in [0.05, 0.1) is 18.0 Å². The molecule has 3 saturated heterocycles. The summed E-state index contributed by atoms with van der Waals surface area (Å²) < 4.78 is 13.1. The maximum Gasteiger partial charge on any atom is 0.229 e. The first-order valence-electron chi connectivity index (χ1n) is 10.1. The number of nitrogens with one attached hydrogen (secondary N) is 4. The molecule has 3 aliphatic heterocycles. The summed E-state index contributed by atoms with van der Waals surface area (Å²) in [6.45, 7) is 2.98. The number of nitrogens with zero attached hydrogens (tertiary/aromatic N) is 1. The van der Waals surface area contributed by atoms with Crippen molar-refractivity contribution in [1.82, 2.24) is 20.9 Å². The summed E-state index contributed by atoms with van der Waals surface area (Å²) in [7, 11) is 0. The van der Waals surface area contributed by atoms with Crippen molar-refractivity contribution < 1.29 is 18.8 Å². The molecule has 1 aromatic rings. The van der Waals surface area contributed by atoms with Crippen LogP contribution in [0.4, 0.5) is 10.1 Å². The topological polar surface area (TPSA) is 103 Å². The van der Waals surface area contributed by atoms with Gasteiger partial charge in [-0.25, -0.2) is 4.39 Å². The van der Waals surface area contributed by atoms with Gasteiger partial charge >= 0.3 is 0 Å². The summed E-state index contributed by atoms with van der Waals surface area (Å²) in [5.74, 6) is -2.90. The maximum absolute atomic E-state index is 13.1. The van der Waals surface area contributed by atoms with Crippen LogP contribution in [-0.4, -0.2) is 47.7 Å². The highest BCUT2D eigenvalue weighted by Crippen LogP contribution is 2.29. The Morgan fingerprint density at radius 1 is 1.17 bits per heavy atom. The molecular weight excluding hydrogens is 377 g/mol. The van der Waals surface area contributed by atoms with Gasteiger partial charge in [0.1, 0.15) is 12.1 Å². The second-order valence-corrected chi connectivity index (χ2v) is 8.04. The number of likely N-dealkylation sites (tertiary alicyclic amines) is 1. The smallest absolute Gasteiger partial charge is 0.229 e. The van der Waals surface area contributed by atoms with E-state index in [9.17, 15) is 18.8 Å². The molecule has 5 atom stereocenters. The van der Waals surface area contributed by atoms with Crippen LogP contribution in [0.1, 0.15) is 32.6 Å². The minimum atomic E-state index is -0.814. The van der Waals surface area contributed by atoms with Gasteiger partial charge in [0.2, 0.25) is 17.7 Å². The molecule has 29 heavy (non-hydrogen) atoms. The molecule has 3 amide bonds. The highest BCUT2D eigenvalue weighted by atomic mass is 19.1. The molecule has 3 fully saturated rings. The van der Waals surface area contributed by atoms with Crippen molar-refractivity contribution in [3.05, 3.63) is 30.1 Å².